The largest absolute Gasteiger partial charge is 0.416 e. The van der Waals surface area contributed by atoms with Crippen LogP contribution in [-0.4, -0.2) is 13.1 Å². The van der Waals surface area contributed by atoms with Crippen molar-refractivity contribution >= 4 is 0 Å². The van der Waals surface area contributed by atoms with Gasteiger partial charge in [-0.05, 0) is 20.0 Å². The number of rotatable bonds is 4. The summed E-state index contributed by atoms with van der Waals surface area (Å²) in [6.45, 7) is 1.49. The van der Waals surface area contributed by atoms with Gasteiger partial charge in [0.05, 0.1) is 5.56 Å². The first-order valence-corrected chi connectivity index (χ1v) is 5.40. The standard InChI is InChI=1S/C12H14F5N/c1-8(18-2)7-11(13,14)9-5-3-4-6-10(9)12(15,16)17/h3-6,8,18H,7H2,1-2H3. The van der Waals surface area contributed by atoms with Crippen molar-refractivity contribution in [3.63, 3.8) is 0 Å². The van der Waals surface area contributed by atoms with Gasteiger partial charge in [0.25, 0.3) is 5.92 Å². The van der Waals surface area contributed by atoms with Gasteiger partial charge in [-0.3, -0.25) is 0 Å². The molecule has 0 bridgehead atoms. The molecule has 0 aliphatic heterocycles. The van der Waals surface area contributed by atoms with Crippen LogP contribution in [0.15, 0.2) is 24.3 Å². The second-order valence-corrected chi connectivity index (χ2v) is 4.14. The summed E-state index contributed by atoms with van der Waals surface area (Å²) < 4.78 is 65.6. The van der Waals surface area contributed by atoms with Crippen LogP contribution in [0.5, 0.6) is 0 Å². The fraction of sp³-hybridized carbons (Fsp3) is 0.500. The summed E-state index contributed by atoms with van der Waals surface area (Å²) in [5.41, 5.74) is -2.25. The molecular weight excluding hydrogens is 253 g/mol. The van der Waals surface area contributed by atoms with Crippen molar-refractivity contribution in [3.8, 4) is 0 Å². The number of hydrogen-bond acceptors (Lipinski definition) is 1. The highest BCUT2D eigenvalue weighted by atomic mass is 19.4. The lowest BCUT2D eigenvalue weighted by molar-refractivity contribution is -0.142. The molecule has 1 rings (SSSR count). The van der Waals surface area contributed by atoms with E-state index in [-0.39, 0.29) is 0 Å². The average molecular weight is 267 g/mol. The first-order chi connectivity index (χ1) is 8.18. The molecule has 1 atom stereocenters. The highest BCUT2D eigenvalue weighted by molar-refractivity contribution is 5.33. The summed E-state index contributed by atoms with van der Waals surface area (Å²) in [5.74, 6) is -3.52. The Kier molecular flexibility index (Phi) is 4.32. The van der Waals surface area contributed by atoms with Crippen LogP contribution < -0.4 is 5.32 Å². The molecule has 0 fully saturated rings. The predicted molar refractivity (Wildman–Crippen MR) is 58.5 cm³/mol. The van der Waals surface area contributed by atoms with Crippen LogP contribution in [0.1, 0.15) is 24.5 Å². The predicted octanol–water partition coefficient (Wildman–Crippen LogP) is 3.80. The fourth-order valence-electron chi connectivity index (χ4n) is 1.65. The minimum Gasteiger partial charge on any atom is -0.317 e. The van der Waals surface area contributed by atoms with Crippen LogP contribution in [0.2, 0.25) is 0 Å². The van der Waals surface area contributed by atoms with Gasteiger partial charge in [-0.2, -0.15) is 13.2 Å². The van der Waals surface area contributed by atoms with Crippen molar-refractivity contribution in [3.05, 3.63) is 35.4 Å². The normalized spacial score (nSPS) is 14.6. The molecule has 0 saturated heterocycles. The Hall–Kier alpha value is -1.17. The summed E-state index contributed by atoms with van der Waals surface area (Å²) >= 11 is 0. The van der Waals surface area contributed by atoms with E-state index in [2.05, 4.69) is 5.32 Å². The van der Waals surface area contributed by atoms with Gasteiger partial charge < -0.3 is 5.32 Å². The lowest BCUT2D eigenvalue weighted by Crippen LogP contribution is -2.30. The minimum absolute atomic E-state index is 0.582. The van der Waals surface area contributed by atoms with Crippen LogP contribution in [0.3, 0.4) is 0 Å². The molecule has 0 aliphatic carbocycles. The molecule has 0 spiro atoms. The summed E-state index contributed by atoms with van der Waals surface area (Å²) in [7, 11) is 1.48. The Labute approximate surface area is 102 Å². The number of nitrogens with one attached hydrogen (secondary N) is 1. The smallest absolute Gasteiger partial charge is 0.317 e. The molecule has 0 saturated carbocycles. The molecule has 102 valence electrons. The Balaban J connectivity index is 3.16. The second kappa shape index (κ2) is 5.22. The monoisotopic (exact) mass is 267 g/mol. The van der Waals surface area contributed by atoms with Gasteiger partial charge in [-0.15, -0.1) is 0 Å². The third kappa shape index (κ3) is 3.41. The Morgan fingerprint density at radius 3 is 2.00 bits per heavy atom. The molecule has 0 aliphatic rings. The lowest BCUT2D eigenvalue weighted by Gasteiger charge is -2.23. The highest BCUT2D eigenvalue weighted by Gasteiger charge is 2.42. The van der Waals surface area contributed by atoms with E-state index in [1.54, 1.807) is 0 Å². The molecule has 1 nitrogen and oxygen atoms in total. The molecule has 0 amide bonds. The van der Waals surface area contributed by atoms with Gasteiger partial charge in [-0.25, -0.2) is 8.78 Å². The number of halogens is 5. The third-order valence-corrected chi connectivity index (χ3v) is 2.68. The van der Waals surface area contributed by atoms with Crippen LogP contribution in [0, 0.1) is 0 Å². The van der Waals surface area contributed by atoms with E-state index in [1.807, 2.05) is 0 Å². The van der Waals surface area contributed by atoms with Crippen molar-refractivity contribution in [2.75, 3.05) is 7.05 Å². The van der Waals surface area contributed by atoms with Crippen LogP contribution in [0.4, 0.5) is 22.0 Å². The summed E-state index contributed by atoms with van der Waals surface area (Å²) in [6, 6.07) is 3.20. The second-order valence-electron chi connectivity index (χ2n) is 4.14. The zero-order valence-electron chi connectivity index (χ0n) is 9.98. The van der Waals surface area contributed by atoms with Gasteiger partial charge in [-0.1, -0.05) is 18.2 Å². The third-order valence-electron chi connectivity index (χ3n) is 2.68. The van der Waals surface area contributed by atoms with Crippen LogP contribution >= 0.6 is 0 Å². The quantitative estimate of drug-likeness (QED) is 0.818. The van der Waals surface area contributed by atoms with E-state index >= 15 is 0 Å². The molecule has 18 heavy (non-hydrogen) atoms. The van der Waals surface area contributed by atoms with E-state index < -0.39 is 35.7 Å². The molecule has 1 unspecified atom stereocenters. The fourth-order valence-corrected chi connectivity index (χ4v) is 1.65. The van der Waals surface area contributed by atoms with E-state index in [0.717, 1.165) is 12.1 Å². The molecule has 1 N–H and O–H groups in total. The van der Waals surface area contributed by atoms with E-state index in [4.69, 9.17) is 0 Å². The van der Waals surface area contributed by atoms with Crippen LogP contribution in [0.25, 0.3) is 0 Å². The number of alkyl halides is 5. The first kappa shape index (κ1) is 14.9. The maximum Gasteiger partial charge on any atom is 0.416 e. The van der Waals surface area contributed by atoms with Gasteiger partial charge in [0.15, 0.2) is 0 Å². The summed E-state index contributed by atoms with van der Waals surface area (Å²) in [6.07, 6.45) is -5.46. The Morgan fingerprint density at radius 1 is 1.06 bits per heavy atom. The summed E-state index contributed by atoms with van der Waals surface area (Å²) in [5, 5.41) is 2.59. The zero-order chi connectivity index (χ0) is 14.0. The Morgan fingerprint density at radius 2 is 1.56 bits per heavy atom. The maximum absolute atomic E-state index is 13.8. The molecule has 0 radical (unpaired) electrons. The molecule has 1 aromatic carbocycles. The van der Waals surface area contributed by atoms with Crippen LogP contribution in [-0.2, 0) is 12.1 Å². The lowest BCUT2D eigenvalue weighted by atomic mass is 9.96. The number of benzene rings is 1. The van der Waals surface area contributed by atoms with E-state index in [9.17, 15) is 22.0 Å². The molecular formula is C12H14F5N. The molecule has 0 aromatic heterocycles. The van der Waals surface area contributed by atoms with E-state index in [1.165, 1.54) is 20.0 Å². The zero-order valence-corrected chi connectivity index (χ0v) is 9.98. The van der Waals surface area contributed by atoms with Crippen molar-refractivity contribution < 1.29 is 22.0 Å². The van der Waals surface area contributed by atoms with Crippen molar-refractivity contribution in [1.82, 2.24) is 5.32 Å². The highest BCUT2D eigenvalue weighted by Crippen LogP contribution is 2.41. The number of hydrogen-bond donors (Lipinski definition) is 1. The molecule has 6 heteroatoms. The van der Waals surface area contributed by atoms with Gasteiger partial charge in [0.1, 0.15) is 0 Å². The van der Waals surface area contributed by atoms with Gasteiger partial charge in [0.2, 0.25) is 0 Å². The molecule has 1 aromatic rings. The molecule has 0 heterocycles. The SMILES string of the molecule is CNC(C)CC(F)(F)c1ccccc1C(F)(F)F. The van der Waals surface area contributed by atoms with Gasteiger partial charge >= 0.3 is 6.18 Å². The minimum atomic E-state index is -4.77. The topological polar surface area (TPSA) is 12.0 Å². The van der Waals surface area contributed by atoms with Crippen molar-refractivity contribution in [2.24, 2.45) is 0 Å². The summed E-state index contributed by atoms with van der Waals surface area (Å²) in [4.78, 5) is 0. The Bertz CT molecular complexity index is 400. The van der Waals surface area contributed by atoms with Crippen molar-refractivity contribution in [2.45, 2.75) is 31.5 Å². The van der Waals surface area contributed by atoms with Crippen molar-refractivity contribution in [1.29, 1.82) is 0 Å². The maximum atomic E-state index is 13.8. The average Bonchev–Trinajstić information content (AvgIpc) is 2.27. The van der Waals surface area contributed by atoms with Gasteiger partial charge in [0, 0.05) is 18.0 Å². The van der Waals surface area contributed by atoms with E-state index in [0.29, 0.717) is 6.07 Å². The first-order valence-electron chi connectivity index (χ1n) is 5.40.